The van der Waals surface area contributed by atoms with Gasteiger partial charge in [0.25, 0.3) is 0 Å². The number of hydrogen-bond donors (Lipinski definition) is 2. The third-order valence-corrected chi connectivity index (χ3v) is 2.25. The zero-order chi connectivity index (χ0) is 13.7. The van der Waals surface area contributed by atoms with Crippen LogP contribution in [0, 0.1) is 11.6 Å². The maximum absolute atomic E-state index is 13.5. The van der Waals surface area contributed by atoms with Gasteiger partial charge in [0, 0.05) is 12.6 Å². The molecule has 0 aromatic heterocycles. The molecule has 1 aromatic rings. The third kappa shape index (κ3) is 3.66. The van der Waals surface area contributed by atoms with Crippen LogP contribution in [0.2, 0.25) is 0 Å². The molecule has 0 heterocycles. The van der Waals surface area contributed by atoms with Gasteiger partial charge in [-0.1, -0.05) is 0 Å². The Bertz CT molecular complexity index is 414. The first-order valence-corrected chi connectivity index (χ1v) is 5.52. The van der Waals surface area contributed by atoms with Crippen LogP contribution in [-0.2, 0) is 4.74 Å². The normalized spacial score (nSPS) is 12.2. The number of anilines is 1. The molecular formula is C12H15F2NO3. The topological polar surface area (TPSA) is 58.6 Å². The van der Waals surface area contributed by atoms with Gasteiger partial charge in [0.15, 0.2) is 0 Å². The summed E-state index contributed by atoms with van der Waals surface area (Å²) in [7, 11) is 0. The van der Waals surface area contributed by atoms with Crippen molar-refractivity contribution in [3.05, 3.63) is 29.3 Å². The molecular weight excluding hydrogens is 244 g/mol. The molecule has 0 aliphatic rings. The molecule has 0 fully saturated rings. The molecule has 1 aromatic carbocycles. The van der Waals surface area contributed by atoms with Crippen molar-refractivity contribution in [2.24, 2.45) is 0 Å². The smallest absolute Gasteiger partial charge is 0.335 e. The minimum Gasteiger partial charge on any atom is -0.478 e. The van der Waals surface area contributed by atoms with E-state index in [2.05, 4.69) is 5.32 Å². The second-order valence-electron chi connectivity index (χ2n) is 3.82. The molecule has 1 unspecified atom stereocenters. The molecule has 0 aliphatic carbocycles. The van der Waals surface area contributed by atoms with E-state index >= 15 is 0 Å². The van der Waals surface area contributed by atoms with Crippen LogP contribution in [0.5, 0.6) is 0 Å². The molecule has 0 aliphatic heterocycles. The Morgan fingerprint density at radius 1 is 1.44 bits per heavy atom. The fourth-order valence-electron chi connectivity index (χ4n) is 1.42. The van der Waals surface area contributed by atoms with Gasteiger partial charge in [0.2, 0.25) is 0 Å². The molecule has 2 N–H and O–H groups in total. The lowest BCUT2D eigenvalue weighted by Crippen LogP contribution is -2.23. The first-order chi connectivity index (χ1) is 8.45. The zero-order valence-corrected chi connectivity index (χ0v) is 10.2. The molecule has 0 saturated carbocycles. The van der Waals surface area contributed by atoms with Crippen LogP contribution in [0.1, 0.15) is 24.2 Å². The second-order valence-corrected chi connectivity index (χ2v) is 3.82. The van der Waals surface area contributed by atoms with Gasteiger partial charge in [0.05, 0.1) is 12.2 Å². The van der Waals surface area contributed by atoms with Gasteiger partial charge in [-0.25, -0.2) is 13.6 Å². The van der Waals surface area contributed by atoms with Gasteiger partial charge in [0.1, 0.15) is 17.3 Å². The van der Waals surface area contributed by atoms with Crippen LogP contribution in [0.15, 0.2) is 12.1 Å². The molecule has 1 atom stereocenters. The lowest BCUT2D eigenvalue weighted by atomic mass is 10.1. The number of carbonyl (C=O) groups is 1. The van der Waals surface area contributed by atoms with Crippen LogP contribution >= 0.6 is 0 Å². The highest BCUT2D eigenvalue weighted by molar-refractivity contribution is 5.88. The SMILES string of the molecule is CCOCC(C)Nc1c(F)cc(C(=O)O)cc1F. The highest BCUT2D eigenvalue weighted by atomic mass is 19.1. The number of ether oxygens (including phenoxy) is 1. The molecule has 0 saturated heterocycles. The molecule has 4 nitrogen and oxygen atoms in total. The van der Waals surface area contributed by atoms with E-state index in [4.69, 9.17) is 9.84 Å². The Balaban J connectivity index is 2.86. The van der Waals surface area contributed by atoms with Crippen LogP contribution < -0.4 is 5.32 Å². The van der Waals surface area contributed by atoms with E-state index in [1.54, 1.807) is 6.92 Å². The fourth-order valence-corrected chi connectivity index (χ4v) is 1.42. The molecule has 18 heavy (non-hydrogen) atoms. The Morgan fingerprint density at radius 2 is 2.00 bits per heavy atom. The molecule has 0 radical (unpaired) electrons. The van der Waals surface area contributed by atoms with Gasteiger partial charge in [-0.05, 0) is 26.0 Å². The van der Waals surface area contributed by atoms with Crippen molar-refractivity contribution in [1.29, 1.82) is 0 Å². The number of hydrogen-bond acceptors (Lipinski definition) is 3. The number of carboxylic acids is 1. The number of aromatic carboxylic acids is 1. The molecule has 0 bridgehead atoms. The summed E-state index contributed by atoms with van der Waals surface area (Å²) in [6, 6.07) is 1.27. The van der Waals surface area contributed by atoms with E-state index < -0.39 is 23.2 Å². The number of halogens is 2. The average Bonchev–Trinajstić information content (AvgIpc) is 2.30. The van der Waals surface area contributed by atoms with Gasteiger partial charge in [-0.3, -0.25) is 0 Å². The van der Waals surface area contributed by atoms with Crippen molar-refractivity contribution in [3.63, 3.8) is 0 Å². The van der Waals surface area contributed by atoms with Crippen LogP contribution in [0.3, 0.4) is 0 Å². The van der Waals surface area contributed by atoms with Crippen LogP contribution in [-0.4, -0.2) is 30.3 Å². The second kappa shape index (κ2) is 6.30. The maximum Gasteiger partial charge on any atom is 0.335 e. The Hall–Kier alpha value is -1.69. The standard InChI is InChI=1S/C12H15F2NO3/c1-3-18-6-7(2)15-11-9(13)4-8(12(16)17)5-10(11)14/h4-5,7,15H,3,6H2,1-2H3,(H,16,17). The Labute approximate surface area is 104 Å². The number of carboxylic acid groups (broad SMARTS) is 1. The largest absolute Gasteiger partial charge is 0.478 e. The third-order valence-electron chi connectivity index (χ3n) is 2.25. The van der Waals surface area contributed by atoms with E-state index in [-0.39, 0.29) is 11.7 Å². The van der Waals surface area contributed by atoms with E-state index in [1.165, 1.54) is 0 Å². The summed E-state index contributed by atoms with van der Waals surface area (Å²) in [5.41, 5.74) is -0.764. The molecule has 0 spiro atoms. The molecule has 6 heteroatoms. The summed E-state index contributed by atoms with van der Waals surface area (Å²) < 4.78 is 32.2. The summed E-state index contributed by atoms with van der Waals surface area (Å²) in [5, 5.41) is 11.3. The Morgan fingerprint density at radius 3 is 2.44 bits per heavy atom. The van der Waals surface area contributed by atoms with Crippen molar-refractivity contribution in [1.82, 2.24) is 0 Å². The lowest BCUT2D eigenvalue weighted by molar-refractivity contribution is 0.0695. The lowest BCUT2D eigenvalue weighted by Gasteiger charge is -2.16. The first kappa shape index (κ1) is 14.4. The summed E-state index contributed by atoms with van der Waals surface area (Å²) in [4.78, 5) is 10.6. The van der Waals surface area contributed by atoms with Crippen molar-refractivity contribution >= 4 is 11.7 Å². The van der Waals surface area contributed by atoms with Crippen molar-refractivity contribution < 1.29 is 23.4 Å². The van der Waals surface area contributed by atoms with E-state index in [0.717, 1.165) is 12.1 Å². The van der Waals surface area contributed by atoms with Gasteiger partial charge in [-0.2, -0.15) is 0 Å². The van der Waals surface area contributed by atoms with E-state index in [0.29, 0.717) is 13.2 Å². The predicted molar refractivity (Wildman–Crippen MR) is 62.9 cm³/mol. The van der Waals surface area contributed by atoms with Crippen LogP contribution in [0.4, 0.5) is 14.5 Å². The van der Waals surface area contributed by atoms with Gasteiger partial charge >= 0.3 is 5.97 Å². The number of rotatable bonds is 6. The number of benzene rings is 1. The maximum atomic E-state index is 13.5. The molecule has 100 valence electrons. The molecule has 1 rings (SSSR count). The highest BCUT2D eigenvalue weighted by Gasteiger charge is 2.16. The Kier molecular flexibility index (Phi) is 5.03. The summed E-state index contributed by atoms with van der Waals surface area (Å²) in [6.45, 7) is 4.33. The van der Waals surface area contributed by atoms with E-state index in [9.17, 15) is 13.6 Å². The zero-order valence-electron chi connectivity index (χ0n) is 10.2. The fraction of sp³-hybridized carbons (Fsp3) is 0.417. The number of nitrogens with one attached hydrogen (secondary N) is 1. The average molecular weight is 259 g/mol. The quantitative estimate of drug-likeness (QED) is 0.824. The van der Waals surface area contributed by atoms with Gasteiger partial charge < -0.3 is 15.2 Å². The van der Waals surface area contributed by atoms with Crippen molar-refractivity contribution in [2.45, 2.75) is 19.9 Å². The van der Waals surface area contributed by atoms with Crippen molar-refractivity contribution in [3.8, 4) is 0 Å². The summed E-state index contributed by atoms with van der Waals surface area (Å²) >= 11 is 0. The van der Waals surface area contributed by atoms with Gasteiger partial charge in [-0.15, -0.1) is 0 Å². The van der Waals surface area contributed by atoms with Crippen LogP contribution in [0.25, 0.3) is 0 Å². The molecule has 0 amide bonds. The monoisotopic (exact) mass is 259 g/mol. The summed E-state index contributed by atoms with van der Waals surface area (Å²) in [5.74, 6) is -3.24. The van der Waals surface area contributed by atoms with Crippen molar-refractivity contribution in [2.75, 3.05) is 18.5 Å². The predicted octanol–water partition coefficient (Wildman–Crippen LogP) is 2.50. The van der Waals surface area contributed by atoms with E-state index in [1.807, 2.05) is 6.92 Å². The minimum absolute atomic E-state index is 0.287. The minimum atomic E-state index is -1.37. The first-order valence-electron chi connectivity index (χ1n) is 5.52. The highest BCUT2D eigenvalue weighted by Crippen LogP contribution is 2.21. The summed E-state index contributed by atoms with van der Waals surface area (Å²) in [6.07, 6.45) is 0.